The van der Waals surface area contributed by atoms with E-state index in [1.165, 1.54) is 13.8 Å². The first-order valence-electron chi connectivity index (χ1n) is 16.0. The number of carbonyl (C=O) groups is 2. The first-order valence-corrected chi connectivity index (χ1v) is 16.0. The van der Waals surface area contributed by atoms with Crippen molar-refractivity contribution < 1.29 is 9.59 Å². The summed E-state index contributed by atoms with van der Waals surface area (Å²) in [6.07, 6.45) is 0. The zero-order chi connectivity index (χ0) is 37.0. The van der Waals surface area contributed by atoms with E-state index >= 15 is 0 Å². The lowest BCUT2D eigenvalue weighted by molar-refractivity contribution is -0.115. The minimum Gasteiger partial charge on any atom is -0.399 e. The lowest BCUT2D eigenvalue weighted by Gasteiger charge is -2.11. The first-order chi connectivity index (χ1) is 24.9. The van der Waals surface area contributed by atoms with Gasteiger partial charge >= 0.3 is 0 Å². The molecule has 52 heavy (non-hydrogen) atoms. The third kappa shape index (κ3) is 11.4. The van der Waals surface area contributed by atoms with E-state index in [1.54, 1.807) is 38.1 Å². The van der Waals surface area contributed by atoms with Gasteiger partial charge in [0.05, 0.1) is 0 Å². The SMILES string of the molecule is CC(=O)Nc1cccc(Nc2nc(C)nc(Nc3cccc(NC(C)=O)c3)n2)c1.Cc1nc(Nc2cccc(N)c2)nc(Nc2cccc(N)c2)n1. The van der Waals surface area contributed by atoms with Gasteiger partial charge in [0.25, 0.3) is 0 Å². The van der Waals surface area contributed by atoms with E-state index in [4.69, 9.17) is 11.5 Å². The van der Waals surface area contributed by atoms with Gasteiger partial charge in [-0.15, -0.1) is 0 Å². The summed E-state index contributed by atoms with van der Waals surface area (Å²) in [7, 11) is 0. The Bertz CT molecular complexity index is 2050. The molecular weight excluding hydrogens is 660 g/mol. The predicted molar refractivity (Wildman–Crippen MR) is 205 cm³/mol. The van der Waals surface area contributed by atoms with Gasteiger partial charge in [0.1, 0.15) is 11.6 Å². The van der Waals surface area contributed by atoms with Crippen LogP contribution in [0.15, 0.2) is 97.1 Å². The van der Waals surface area contributed by atoms with Crippen molar-refractivity contribution in [2.75, 3.05) is 43.4 Å². The van der Waals surface area contributed by atoms with Crippen LogP contribution in [0.1, 0.15) is 25.5 Å². The van der Waals surface area contributed by atoms with Crippen LogP contribution in [0.3, 0.4) is 0 Å². The van der Waals surface area contributed by atoms with Crippen LogP contribution in [-0.4, -0.2) is 41.7 Å². The Morgan fingerprint density at radius 3 is 1.04 bits per heavy atom. The summed E-state index contributed by atoms with van der Waals surface area (Å²) in [4.78, 5) is 48.4. The number of nitrogens with zero attached hydrogens (tertiary/aromatic N) is 6. The molecule has 0 unspecified atom stereocenters. The van der Waals surface area contributed by atoms with Crippen molar-refractivity contribution >= 4 is 81.1 Å². The number of amides is 2. The molecule has 0 aliphatic rings. The molecule has 10 N–H and O–H groups in total. The molecule has 6 rings (SSSR count). The van der Waals surface area contributed by atoms with E-state index in [1.807, 2.05) is 72.8 Å². The fraction of sp³-hybridized carbons (Fsp3) is 0.111. The zero-order valence-corrected chi connectivity index (χ0v) is 28.9. The summed E-state index contributed by atoms with van der Waals surface area (Å²) in [5, 5.41) is 17.9. The maximum Gasteiger partial charge on any atom is 0.232 e. The Kier molecular flexibility index (Phi) is 11.6. The van der Waals surface area contributed by atoms with Crippen molar-refractivity contribution in [2.24, 2.45) is 0 Å². The summed E-state index contributed by atoms with van der Waals surface area (Å²) in [5.41, 5.74) is 17.3. The van der Waals surface area contributed by atoms with E-state index in [2.05, 4.69) is 61.8 Å². The summed E-state index contributed by atoms with van der Waals surface area (Å²) < 4.78 is 0. The number of aryl methyl sites for hydroxylation is 2. The van der Waals surface area contributed by atoms with Crippen LogP contribution in [0.4, 0.5) is 69.3 Å². The quantitative estimate of drug-likeness (QED) is 0.0722. The van der Waals surface area contributed by atoms with E-state index in [0.29, 0.717) is 58.2 Å². The number of rotatable bonds is 10. The fourth-order valence-corrected chi connectivity index (χ4v) is 4.69. The highest BCUT2D eigenvalue weighted by atomic mass is 16.2. The largest absolute Gasteiger partial charge is 0.399 e. The Hall–Kier alpha value is -7.36. The molecule has 0 aliphatic heterocycles. The van der Waals surface area contributed by atoms with Gasteiger partial charge < -0.3 is 43.4 Å². The third-order valence-electron chi connectivity index (χ3n) is 6.66. The molecular formula is C36H38N14O2. The van der Waals surface area contributed by atoms with Gasteiger partial charge in [-0.2, -0.15) is 29.9 Å². The zero-order valence-electron chi connectivity index (χ0n) is 28.9. The van der Waals surface area contributed by atoms with Crippen LogP contribution < -0.4 is 43.4 Å². The number of aromatic nitrogens is 6. The highest BCUT2D eigenvalue weighted by Gasteiger charge is 2.08. The molecule has 6 aromatic rings. The van der Waals surface area contributed by atoms with E-state index in [0.717, 1.165) is 22.7 Å². The van der Waals surface area contributed by atoms with Gasteiger partial charge in [-0.25, -0.2) is 0 Å². The number of nitrogen functional groups attached to an aromatic ring is 2. The topological polar surface area (TPSA) is 236 Å². The van der Waals surface area contributed by atoms with Gasteiger partial charge in [-0.05, 0) is 86.6 Å². The standard InChI is InChI=1S/C20H21N7O2.C16H17N7/c1-12-21-19(25-17-8-4-6-15(10-17)23-13(2)28)27-20(22-12)26-18-9-5-7-16(11-18)24-14(3)29;1-10-19-15(21-13-6-2-4-11(17)8-13)23-16(20-10)22-14-7-3-5-12(18)9-14/h4-11H,1-3H3,(H,23,28)(H,24,29)(H2,21,22,25,26,27);2-9H,17-18H2,1H3,(H2,19,20,21,22,23). The van der Waals surface area contributed by atoms with Crippen LogP contribution in [-0.2, 0) is 9.59 Å². The Balaban J connectivity index is 0.000000206. The molecule has 0 atom stereocenters. The molecule has 0 radical (unpaired) electrons. The molecule has 2 heterocycles. The highest BCUT2D eigenvalue weighted by molar-refractivity contribution is 5.90. The van der Waals surface area contributed by atoms with Gasteiger partial charge in [0, 0.05) is 59.3 Å². The summed E-state index contributed by atoms with van der Waals surface area (Å²) >= 11 is 0. The number of nitrogens with one attached hydrogen (secondary N) is 6. The van der Waals surface area contributed by atoms with Gasteiger partial charge in [-0.3, -0.25) is 9.59 Å². The monoisotopic (exact) mass is 698 g/mol. The molecule has 0 saturated carbocycles. The normalized spacial score (nSPS) is 10.2. The Labute approximate surface area is 300 Å². The minimum absolute atomic E-state index is 0.147. The number of anilines is 12. The number of hydrogen-bond donors (Lipinski definition) is 8. The molecule has 0 bridgehead atoms. The lowest BCUT2D eigenvalue weighted by Crippen LogP contribution is -2.08. The summed E-state index contributed by atoms with van der Waals surface area (Å²) in [6, 6.07) is 29.2. The molecule has 0 spiro atoms. The molecule has 0 aliphatic carbocycles. The van der Waals surface area contributed by atoms with Crippen molar-refractivity contribution in [1.29, 1.82) is 0 Å². The van der Waals surface area contributed by atoms with Crippen molar-refractivity contribution in [3.05, 3.63) is 109 Å². The smallest absolute Gasteiger partial charge is 0.232 e. The maximum absolute atomic E-state index is 11.2. The number of benzene rings is 4. The van der Waals surface area contributed by atoms with E-state index in [-0.39, 0.29) is 11.8 Å². The molecule has 0 fully saturated rings. The van der Waals surface area contributed by atoms with Crippen LogP contribution in [0.5, 0.6) is 0 Å². The molecule has 4 aromatic carbocycles. The molecule has 0 saturated heterocycles. The van der Waals surface area contributed by atoms with E-state index < -0.39 is 0 Å². The molecule has 2 amide bonds. The molecule has 264 valence electrons. The van der Waals surface area contributed by atoms with Crippen LogP contribution in [0, 0.1) is 13.8 Å². The van der Waals surface area contributed by atoms with E-state index in [9.17, 15) is 9.59 Å². The Morgan fingerprint density at radius 2 is 0.731 bits per heavy atom. The van der Waals surface area contributed by atoms with Gasteiger partial charge in [0.15, 0.2) is 0 Å². The molecule has 16 nitrogen and oxygen atoms in total. The summed E-state index contributed by atoms with van der Waals surface area (Å²) in [6.45, 7) is 6.47. The average Bonchev–Trinajstić information content (AvgIpc) is 3.04. The van der Waals surface area contributed by atoms with Crippen molar-refractivity contribution in [3.63, 3.8) is 0 Å². The van der Waals surface area contributed by atoms with Gasteiger partial charge in [-0.1, -0.05) is 24.3 Å². The molecule has 16 heteroatoms. The third-order valence-corrected chi connectivity index (χ3v) is 6.66. The first kappa shape index (κ1) is 35.9. The number of nitrogens with two attached hydrogens (primary N) is 2. The highest BCUT2D eigenvalue weighted by Crippen LogP contribution is 2.22. The molecule has 2 aromatic heterocycles. The van der Waals surface area contributed by atoms with Crippen LogP contribution >= 0.6 is 0 Å². The maximum atomic E-state index is 11.2. The second-order valence-electron chi connectivity index (χ2n) is 11.3. The van der Waals surface area contributed by atoms with Crippen LogP contribution in [0.2, 0.25) is 0 Å². The second kappa shape index (κ2) is 16.8. The summed E-state index contributed by atoms with van der Waals surface area (Å²) in [5.74, 6) is 2.43. The number of hydrogen-bond acceptors (Lipinski definition) is 14. The Morgan fingerprint density at radius 1 is 0.442 bits per heavy atom. The average molecular weight is 699 g/mol. The van der Waals surface area contributed by atoms with Crippen molar-refractivity contribution in [2.45, 2.75) is 27.7 Å². The van der Waals surface area contributed by atoms with Crippen LogP contribution in [0.25, 0.3) is 0 Å². The predicted octanol–water partition coefficient (Wildman–Crippen LogP) is 6.42. The number of carbonyl (C=O) groups excluding carboxylic acids is 2. The fourth-order valence-electron chi connectivity index (χ4n) is 4.69. The minimum atomic E-state index is -0.147. The van der Waals surface area contributed by atoms with Crippen molar-refractivity contribution in [3.8, 4) is 0 Å². The second-order valence-corrected chi connectivity index (χ2v) is 11.3. The van der Waals surface area contributed by atoms with Crippen molar-refractivity contribution in [1.82, 2.24) is 29.9 Å². The van der Waals surface area contributed by atoms with Gasteiger partial charge in [0.2, 0.25) is 35.6 Å². The lowest BCUT2D eigenvalue weighted by atomic mass is 10.2.